The van der Waals surface area contributed by atoms with Gasteiger partial charge < -0.3 is 4.90 Å². The Labute approximate surface area is 202 Å². The fourth-order valence-corrected chi connectivity index (χ4v) is 6.18. The van der Waals surface area contributed by atoms with Crippen molar-refractivity contribution in [3.63, 3.8) is 0 Å². The van der Waals surface area contributed by atoms with Crippen molar-refractivity contribution >= 4 is 27.0 Å². The van der Waals surface area contributed by atoms with Crippen molar-refractivity contribution in [3.8, 4) is 0 Å². The third kappa shape index (κ3) is 4.09. The van der Waals surface area contributed by atoms with Gasteiger partial charge in [0.1, 0.15) is 11.6 Å². The molecule has 0 spiro atoms. The number of fused-ring (bicyclic) bond motifs is 1. The minimum absolute atomic E-state index is 0.131. The molecule has 2 unspecified atom stereocenters. The molecule has 6 heteroatoms. The topological polar surface area (TPSA) is 33.2 Å². The van der Waals surface area contributed by atoms with Crippen molar-refractivity contribution < 1.29 is 13.6 Å². The summed E-state index contributed by atoms with van der Waals surface area (Å²) in [7, 11) is 0.763. The molecule has 3 nitrogen and oxygen atoms in total. The number of carbonyl (C=O) groups is 1. The van der Waals surface area contributed by atoms with Crippen LogP contribution in [0.15, 0.2) is 54.7 Å². The minimum atomic E-state index is -0.476. The molecule has 0 N–H and O–H groups in total. The summed E-state index contributed by atoms with van der Waals surface area (Å²) in [5.74, 6) is 0.250. The number of rotatable bonds is 7. The van der Waals surface area contributed by atoms with Crippen LogP contribution in [0.4, 0.5) is 14.5 Å². The molecule has 4 atom stereocenters. The van der Waals surface area contributed by atoms with Crippen molar-refractivity contribution in [1.29, 1.82) is 0 Å². The Morgan fingerprint density at radius 3 is 2.65 bits per heavy atom. The van der Waals surface area contributed by atoms with Gasteiger partial charge in [-0.3, -0.25) is 9.78 Å². The van der Waals surface area contributed by atoms with Crippen LogP contribution in [0.2, 0.25) is 0 Å². The molecule has 1 aliphatic heterocycles. The van der Waals surface area contributed by atoms with Gasteiger partial charge in [0.05, 0.1) is 16.3 Å². The molecule has 1 aliphatic carbocycles. The number of Topliss-reactive ketones (excluding diaryl/α,β-unsaturated/α-hetero) is 1. The quantitative estimate of drug-likeness (QED) is 0.475. The van der Waals surface area contributed by atoms with Gasteiger partial charge in [0, 0.05) is 41.6 Å². The van der Waals surface area contributed by atoms with Crippen LogP contribution >= 0.6 is 0 Å². The molecule has 0 amide bonds. The lowest BCUT2D eigenvalue weighted by Gasteiger charge is -2.30. The van der Waals surface area contributed by atoms with E-state index in [1.165, 1.54) is 18.1 Å². The van der Waals surface area contributed by atoms with Crippen LogP contribution < -0.4 is 10.2 Å². The molecular formula is C28H30F2N2OSi. The molecule has 2 heterocycles. The van der Waals surface area contributed by atoms with E-state index in [2.05, 4.69) is 36.2 Å². The second-order valence-electron chi connectivity index (χ2n) is 9.82. The van der Waals surface area contributed by atoms with E-state index in [0.29, 0.717) is 18.3 Å². The summed E-state index contributed by atoms with van der Waals surface area (Å²) in [5.41, 5.74) is 4.68. The van der Waals surface area contributed by atoms with Crippen LogP contribution in [0, 0.1) is 17.6 Å². The Balaban J connectivity index is 1.67. The first kappa shape index (κ1) is 22.9. The number of carbonyl (C=O) groups excluding carboxylic acids is 1. The number of benzene rings is 2. The van der Waals surface area contributed by atoms with E-state index in [9.17, 15) is 13.6 Å². The Bertz CT molecular complexity index is 1250. The van der Waals surface area contributed by atoms with E-state index in [1.807, 2.05) is 17.9 Å². The number of ketones is 1. The standard InChI is InChI=1S/C28H30F2N2OSi/c1-3-5-25(33)27-26(20-6-4-11-31-28(20)34)22-14-17(21-12-16(21)2)7-10-24(22)32(27)15-18-13-19(29)8-9-23(18)30/h4,6-11,13-14,16,21,26-27H,3,5,12,15H2,1-2,34H3/t16-,21+,26?,27?/m1/s1. The Morgan fingerprint density at radius 2 is 1.94 bits per heavy atom. The van der Waals surface area contributed by atoms with E-state index >= 15 is 0 Å². The van der Waals surface area contributed by atoms with Crippen LogP contribution in [0.1, 0.15) is 67.2 Å². The molecule has 1 aromatic heterocycles. The molecule has 0 saturated heterocycles. The van der Waals surface area contributed by atoms with Gasteiger partial charge in [-0.15, -0.1) is 0 Å². The van der Waals surface area contributed by atoms with Crippen LogP contribution in [-0.2, 0) is 11.3 Å². The largest absolute Gasteiger partial charge is 0.356 e. The van der Waals surface area contributed by atoms with E-state index in [1.54, 1.807) is 6.20 Å². The molecule has 5 rings (SSSR count). The number of hydrogen-bond donors (Lipinski definition) is 0. The van der Waals surface area contributed by atoms with Gasteiger partial charge in [0.2, 0.25) is 0 Å². The van der Waals surface area contributed by atoms with Gasteiger partial charge in [0.15, 0.2) is 5.78 Å². The summed E-state index contributed by atoms with van der Waals surface area (Å²) in [6.45, 7) is 4.41. The van der Waals surface area contributed by atoms with Crippen molar-refractivity contribution in [2.24, 2.45) is 5.92 Å². The maximum Gasteiger partial charge on any atom is 0.156 e. The SMILES string of the molecule is CCCC(=O)C1C(c2cccnc2[SiH3])c2cc([C@H]3C[C@H]3C)ccc2N1Cc1cc(F)ccc1F. The molecule has 2 aliphatic rings. The monoisotopic (exact) mass is 476 g/mol. The summed E-state index contributed by atoms with van der Waals surface area (Å²) in [5, 5.41) is 1.02. The average molecular weight is 477 g/mol. The van der Waals surface area contributed by atoms with Crippen LogP contribution in [-0.4, -0.2) is 27.1 Å². The van der Waals surface area contributed by atoms with E-state index in [4.69, 9.17) is 0 Å². The van der Waals surface area contributed by atoms with Crippen molar-refractivity contribution in [2.75, 3.05) is 4.90 Å². The summed E-state index contributed by atoms with van der Waals surface area (Å²) in [4.78, 5) is 20.2. The zero-order valence-electron chi connectivity index (χ0n) is 19.9. The maximum absolute atomic E-state index is 14.7. The second kappa shape index (κ2) is 9.06. The number of hydrogen-bond acceptors (Lipinski definition) is 3. The lowest BCUT2D eigenvalue weighted by Crippen LogP contribution is -2.42. The smallest absolute Gasteiger partial charge is 0.156 e. The average Bonchev–Trinajstić information content (AvgIpc) is 3.47. The van der Waals surface area contributed by atoms with Gasteiger partial charge in [-0.1, -0.05) is 32.0 Å². The zero-order chi connectivity index (χ0) is 24.0. The second-order valence-corrected chi connectivity index (χ2v) is 10.8. The van der Waals surface area contributed by atoms with Crippen molar-refractivity contribution in [2.45, 2.75) is 57.5 Å². The normalized spacial score (nSPS) is 23.2. The highest BCUT2D eigenvalue weighted by Gasteiger charge is 2.45. The molecule has 34 heavy (non-hydrogen) atoms. The number of nitrogens with zero attached hydrogens (tertiary/aromatic N) is 2. The minimum Gasteiger partial charge on any atom is -0.356 e. The zero-order valence-corrected chi connectivity index (χ0v) is 21.9. The molecule has 3 aromatic rings. The molecule has 1 saturated carbocycles. The molecular weight excluding hydrogens is 446 g/mol. The van der Waals surface area contributed by atoms with Gasteiger partial charge >= 0.3 is 0 Å². The number of halogens is 2. The van der Waals surface area contributed by atoms with Crippen LogP contribution in [0.5, 0.6) is 0 Å². The predicted molar refractivity (Wildman–Crippen MR) is 135 cm³/mol. The van der Waals surface area contributed by atoms with Crippen LogP contribution in [0.3, 0.4) is 0 Å². The number of anilines is 1. The maximum atomic E-state index is 14.7. The van der Waals surface area contributed by atoms with Crippen LogP contribution in [0.25, 0.3) is 0 Å². The molecule has 0 bridgehead atoms. The lowest BCUT2D eigenvalue weighted by molar-refractivity contribution is -0.120. The van der Waals surface area contributed by atoms with Gasteiger partial charge in [0.25, 0.3) is 0 Å². The van der Waals surface area contributed by atoms with E-state index < -0.39 is 17.7 Å². The summed E-state index contributed by atoms with van der Waals surface area (Å²) in [6, 6.07) is 13.6. The van der Waals surface area contributed by atoms with E-state index in [-0.39, 0.29) is 23.8 Å². The number of aromatic nitrogens is 1. The highest BCUT2D eigenvalue weighted by atomic mass is 28.1. The molecule has 0 radical (unpaired) electrons. The Kier molecular flexibility index (Phi) is 6.10. The van der Waals surface area contributed by atoms with Gasteiger partial charge in [-0.05, 0) is 71.7 Å². The third-order valence-electron chi connectivity index (χ3n) is 7.44. The number of pyridine rings is 1. The van der Waals surface area contributed by atoms with E-state index in [0.717, 1.165) is 50.9 Å². The lowest BCUT2D eigenvalue weighted by atomic mass is 9.84. The van der Waals surface area contributed by atoms with Gasteiger partial charge in [-0.25, -0.2) is 8.78 Å². The summed E-state index contributed by atoms with van der Waals surface area (Å²) >= 11 is 0. The highest BCUT2D eigenvalue weighted by molar-refractivity contribution is 6.31. The molecule has 1 fully saturated rings. The summed E-state index contributed by atoms with van der Waals surface area (Å²) < 4.78 is 28.7. The first-order valence-corrected chi connectivity index (χ1v) is 13.2. The van der Waals surface area contributed by atoms with Gasteiger partial charge in [-0.2, -0.15) is 0 Å². The summed E-state index contributed by atoms with van der Waals surface area (Å²) in [6.07, 6.45) is 4.16. The first-order valence-electron chi connectivity index (χ1n) is 12.2. The Morgan fingerprint density at radius 1 is 1.15 bits per heavy atom. The van der Waals surface area contributed by atoms with Crippen molar-refractivity contribution in [3.05, 3.63) is 88.6 Å². The molecule has 2 aromatic carbocycles. The van der Waals surface area contributed by atoms with Crippen molar-refractivity contribution in [1.82, 2.24) is 4.98 Å². The third-order valence-corrected chi connectivity index (χ3v) is 8.28. The molecule has 176 valence electrons. The first-order chi connectivity index (χ1) is 16.4. The fourth-order valence-electron chi connectivity index (χ4n) is 5.55. The highest BCUT2D eigenvalue weighted by Crippen LogP contribution is 2.51. The fraction of sp³-hybridized carbons (Fsp3) is 0.357. The predicted octanol–water partition coefficient (Wildman–Crippen LogP) is 4.36. The Hall–Kier alpha value is -2.86.